The Kier molecular flexibility index (Phi) is 3.33. The first-order chi connectivity index (χ1) is 6.93. The minimum Gasteiger partial charge on any atom is -0.479 e. The van der Waals surface area contributed by atoms with Crippen LogP contribution in [0.4, 0.5) is 8.78 Å². The van der Waals surface area contributed by atoms with Crippen LogP contribution >= 0.6 is 0 Å². The van der Waals surface area contributed by atoms with Gasteiger partial charge in [0.25, 0.3) is 0 Å². The molecule has 1 aromatic carbocycles. The summed E-state index contributed by atoms with van der Waals surface area (Å²) in [5.74, 6) is -3.65. The van der Waals surface area contributed by atoms with E-state index in [4.69, 9.17) is 10.2 Å². The maximum atomic E-state index is 13.0. The molecular weight excluding hydrogens is 210 g/mol. The van der Waals surface area contributed by atoms with Crippen molar-refractivity contribution in [1.82, 2.24) is 0 Å². The van der Waals surface area contributed by atoms with Crippen molar-refractivity contribution in [3.8, 4) is 0 Å². The van der Waals surface area contributed by atoms with Crippen LogP contribution in [0.15, 0.2) is 18.2 Å². The number of benzene rings is 1. The van der Waals surface area contributed by atoms with Crippen molar-refractivity contribution < 1.29 is 28.9 Å². The highest BCUT2D eigenvalue weighted by Crippen LogP contribution is 2.21. The molecule has 0 fully saturated rings. The second kappa shape index (κ2) is 4.33. The van der Waals surface area contributed by atoms with E-state index in [-0.39, 0.29) is 0 Å². The summed E-state index contributed by atoms with van der Waals surface area (Å²) in [5.41, 5.74) is -0.466. The van der Waals surface area contributed by atoms with E-state index in [1.807, 2.05) is 0 Å². The second-order valence-corrected chi connectivity index (χ2v) is 2.89. The quantitative estimate of drug-likeness (QED) is 0.688. The molecule has 1 rings (SSSR count). The van der Waals surface area contributed by atoms with E-state index < -0.39 is 35.4 Å². The topological polar surface area (TPSA) is 77.8 Å². The zero-order chi connectivity index (χ0) is 11.6. The van der Waals surface area contributed by atoms with Crippen LogP contribution in [0, 0.1) is 11.6 Å². The minimum absolute atomic E-state index is 0.466. The number of hydrogen-bond donors (Lipinski definition) is 3. The molecule has 0 heterocycles. The van der Waals surface area contributed by atoms with E-state index in [9.17, 15) is 18.7 Å². The molecule has 15 heavy (non-hydrogen) atoms. The number of carbonyl (C=O) groups is 1. The molecule has 0 unspecified atom stereocenters. The van der Waals surface area contributed by atoms with E-state index in [0.717, 1.165) is 12.1 Å². The molecule has 2 atom stereocenters. The van der Waals surface area contributed by atoms with Crippen LogP contribution in [-0.2, 0) is 4.79 Å². The fraction of sp³-hybridized carbons (Fsp3) is 0.222. The van der Waals surface area contributed by atoms with Gasteiger partial charge in [0.15, 0.2) is 6.10 Å². The van der Waals surface area contributed by atoms with Crippen LogP contribution in [0.25, 0.3) is 0 Å². The molecule has 82 valence electrons. The summed E-state index contributed by atoms with van der Waals surface area (Å²) in [6.07, 6.45) is -4.08. The third-order valence-electron chi connectivity index (χ3n) is 1.83. The van der Waals surface area contributed by atoms with Gasteiger partial charge in [-0.2, -0.15) is 0 Å². The molecule has 0 aliphatic carbocycles. The van der Waals surface area contributed by atoms with Gasteiger partial charge in [0.1, 0.15) is 17.7 Å². The Morgan fingerprint density at radius 3 is 2.33 bits per heavy atom. The number of hydrogen-bond acceptors (Lipinski definition) is 3. The molecule has 4 nitrogen and oxygen atoms in total. The summed E-state index contributed by atoms with van der Waals surface area (Å²) in [7, 11) is 0. The summed E-state index contributed by atoms with van der Waals surface area (Å²) in [6, 6.07) is 2.23. The van der Waals surface area contributed by atoms with Crippen molar-refractivity contribution in [1.29, 1.82) is 0 Å². The van der Waals surface area contributed by atoms with E-state index in [1.165, 1.54) is 0 Å². The fourth-order valence-corrected chi connectivity index (χ4v) is 1.05. The van der Waals surface area contributed by atoms with Crippen molar-refractivity contribution >= 4 is 5.97 Å². The van der Waals surface area contributed by atoms with Crippen molar-refractivity contribution in [2.24, 2.45) is 0 Å². The van der Waals surface area contributed by atoms with Gasteiger partial charge >= 0.3 is 5.97 Å². The van der Waals surface area contributed by atoms with E-state index in [0.29, 0.717) is 6.07 Å². The monoisotopic (exact) mass is 218 g/mol. The lowest BCUT2D eigenvalue weighted by Gasteiger charge is -2.14. The lowest BCUT2D eigenvalue weighted by Crippen LogP contribution is -2.28. The Balaban J connectivity index is 3.01. The maximum Gasteiger partial charge on any atom is 0.335 e. The number of aliphatic hydroxyl groups excluding tert-OH is 2. The molecule has 0 spiro atoms. The molecule has 6 heteroatoms. The molecule has 1 aromatic rings. The smallest absolute Gasteiger partial charge is 0.335 e. The average molecular weight is 218 g/mol. The predicted molar refractivity (Wildman–Crippen MR) is 45.0 cm³/mol. The molecule has 3 N–H and O–H groups in total. The first-order valence-corrected chi connectivity index (χ1v) is 3.97. The Labute approximate surface area is 83.4 Å². The molecule has 0 saturated carbocycles. The van der Waals surface area contributed by atoms with Gasteiger partial charge in [-0.15, -0.1) is 0 Å². The minimum atomic E-state index is -2.15. The Morgan fingerprint density at radius 1 is 1.27 bits per heavy atom. The number of rotatable bonds is 3. The Morgan fingerprint density at radius 2 is 1.87 bits per heavy atom. The number of halogens is 2. The van der Waals surface area contributed by atoms with Crippen LogP contribution in [0.5, 0.6) is 0 Å². The predicted octanol–water partition coefficient (Wildman–Crippen LogP) is 0.444. The van der Waals surface area contributed by atoms with E-state index in [1.54, 1.807) is 0 Å². The second-order valence-electron chi connectivity index (χ2n) is 2.89. The Bertz CT molecular complexity index is 380. The maximum absolute atomic E-state index is 13.0. The zero-order valence-electron chi connectivity index (χ0n) is 7.39. The van der Waals surface area contributed by atoms with Crippen molar-refractivity contribution in [3.63, 3.8) is 0 Å². The van der Waals surface area contributed by atoms with Crippen LogP contribution in [0.1, 0.15) is 11.7 Å². The largest absolute Gasteiger partial charge is 0.479 e. The summed E-state index contributed by atoms with van der Waals surface area (Å²) in [6.45, 7) is 0. The van der Waals surface area contributed by atoms with Crippen LogP contribution in [0.2, 0.25) is 0 Å². The molecule has 0 amide bonds. The normalized spacial score (nSPS) is 14.7. The van der Waals surface area contributed by atoms with Gasteiger partial charge in [-0.1, -0.05) is 6.07 Å². The van der Waals surface area contributed by atoms with Crippen molar-refractivity contribution in [2.45, 2.75) is 12.2 Å². The first kappa shape index (κ1) is 11.5. The van der Waals surface area contributed by atoms with Gasteiger partial charge in [0.2, 0.25) is 0 Å². The van der Waals surface area contributed by atoms with Crippen molar-refractivity contribution in [3.05, 3.63) is 35.4 Å². The highest BCUT2D eigenvalue weighted by Gasteiger charge is 2.27. The van der Waals surface area contributed by atoms with Gasteiger partial charge in [0.05, 0.1) is 0 Å². The molecule has 0 aliphatic rings. The number of aliphatic hydroxyl groups is 2. The van der Waals surface area contributed by atoms with Gasteiger partial charge < -0.3 is 15.3 Å². The van der Waals surface area contributed by atoms with Crippen LogP contribution in [0.3, 0.4) is 0 Å². The lowest BCUT2D eigenvalue weighted by atomic mass is 10.0. The lowest BCUT2D eigenvalue weighted by molar-refractivity contribution is -0.153. The Hall–Kier alpha value is -1.53. The van der Waals surface area contributed by atoms with Gasteiger partial charge in [-0.3, -0.25) is 0 Å². The van der Waals surface area contributed by atoms with Crippen LogP contribution < -0.4 is 0 Å². The summed E-state index contributed by atoms with van der Waals surface area (Å²) < 4.78 is 25.5. The molecule has 0 aromatic heterocycles. The number of aliphatic carboxylic acids is 1. The highest BCUT2D eigenvalue weighted by molar-refractivity contribution is 5.73. The molecule has 0 aliphatic heterocycles. The summed E-state index contributed by atoms with van der Waals surface area (Å²) in [4.78, 5) is 10.3. The third-order valence-corrected chi connectivity index (χ3v) is 1.83. The van der Waals surface area contributed by atoms with Crippen molar-refractivity contribution in [2.75, 3.05) is 0 Å². The molecule has 0 bridgehead atoms. The molecule has 0 radical (unpaired) electrons. The van der Waals surface area contributed by atoms with Gasteiger partial charge in [0, 0.05) is 11.6 Å². The van der Waals surface area contributed by atoms with E-state index in [2.05, 4.69) is 0 Å². The number of carboxylic acids is 1. The zero-order valence-corrected chi connectivity index (χ0v) is 7.39. The fourth-order valence-electron chi connectivity index (χ4n) is 1.05. The summed E-state index contributed by atoms with van der Waals surface area (Å²) >= 11 is 0. The number of carboxylic acid groups (broad SMARTS) is 1. The third kappa shape index (κ3) is 2.48. The van der Waals surface area contributed by atoms with Gasteiger partial charge in [-0.25, -0.2) is 13.6 Å². The first-order valence-electron chi connectivity index (χ1n) is 3.97. The molecule has 0 saturated heterocycles. The van der Waals surface area contributed by atoms with E-state index >= 15 is 0 Å². The van der Waals surface area contributed by atoms with Gasteiger partial charge in [-0.05, 0) is 6.07 Å². The average Bonchev–Trinajstić information content (AvgIpc) is 2.15. The SMILES string of the molecule is O=C(O)[C@@H](O)[C@H](O)c1ccc(F)cc1F. The standard InChI is InChI=1S/C9H8F2O4/c10-4-1-2-5(6(11)3-4)7(12)8(13)9(14)15/h1-3,7-8,12-13H,(H,14,15)/t7-,8+/m1/s1. The highest BCUT2D eigenvalue weighted by atomic mass is 19.1. The van der Waals surface area contributed by atoms with Crippen LogP contribution in [-0.4, -0.2) is 27.4 Å². The molecular formula is C9H8F2O4. The summed E-state index contributed by atoms with van der Waals surface area (Å²) in [5, 5.41) is 26.5.